The molecular formula is C12H23NO3. The topological polar surface area (TPSA) is 49.8 Å². The maximum Gasteiger partial charge on any atom is 0.222 e. The number of ether oxygens (including phenoxy) is 1. The van der Waals surface area contributed by atoms with Crippen LogP contribution >= 0.6 is 0 Å². The van der Waals surface area contributed by atoms with E-state index < -0.39 is 0 Å². The maximum atomic E-state index is 11.8. The standard InChI is InChI=1S/C12H23NO3/c1-10(14)5-6-12(15)13-7-3-4-11(8-13)9-16-2/h10-11,14H,3-9H2,1-2H3. The van der Waals surface area contributed by atoms with Crippen LogP contribution in [0.1, 0.15) is 32.6 Å². The van der Waals surface area contributed by atoms with Crippen molar-refractivity contribution < 1.29 is 14.6 Å². The molecule has 94 valence electrons. The summed E-state index contributed by atoms with van der Waals surface area (Å²) < 4.78 is 5.13. The molecular weight excluding hydrogens is 206 g/mol. The SMILES string of the molecule is COCC1CCCN(C(=O)CCC(C)O)C1. The average molecular weight is 229 g/mol. The largest absolute Gasteiger partial charge is 0.393 e. The lowest BCUT2D eigenvalue weighted by Crippen LogP contribution is -2.41. The molecule has 1 N–H and O–H groups in total. The highest BCUT2D eigenvalue weighted by Crippen LogP contribution is 2.17. The minimum atomic E-state index is -0.386. The normalized spacial score (nSPS) is 23.2. The lowest BCUT2D eigenvalue weighted by atomic mass is 9.98. The van der Waals surface area contributed by atoms with Gasteiger partial charge in [0.25, 0.3) is 0 Å². The Bertz CT molecular complexity index is 216. The van der Waals surface area contributed by atoms with Crippen molar-refractivity contribution >= 4 is 5.91 Å². The molecule has 4 heteroatoms. The molecule has 1 rings (SSSR count). The summed E-state index contributed by atoms with van der Waals surface area (Å²) >= 11 is 0. The lowest BCUT2D eigenvalue weighted by molar-refractivity contribution is -0.134. The van der Waals surface area contributed by atoms with Gasteiger partial charge in [-0.3, -0.25) is 4.79 Å². The molecule has 1 saturated heterocycles. The molecule has 1 fully saturated rings. The zero-order chi connectivity index (χ0) is 12.0. The number of aliphatic hydroxyl groups excluding tert-OH is 1. The third kappa shape index (κ3) is 4.49. The van der Waals surface area contributed by atoms with Crippen LogP contribution in [0.3, 0.4) is 0 Å². The van der Waals surface area contributed by atoms with Gasteiger partial charge in [-0.25, -0.2) is 0 Å². The van der Waals surface area contributed by atoms with Crippen LogP contribution in [0, 0.1) is 5.92 Å². The fourth-order valence-corrected chi connectivity index (χ4v) is 2.15. The van der Waals surface area contributed by atoms with Crippen LogP contribution in [-0.4, -0.2) is 48.8 Å². The number of methoxy groups -OCH3 is 1. The molecule has 1 heterocycles. The van der Waals surface area contributed by atoms with Crippen molar-refractivity contribution in [3.05, 3.63) is 0 Å². The predicted molar refractivity (Wildman–Crippen MR) is 62.1 cm³/mol. The molecule has 1 aliphatic rings. The van der Waals surface area contributed by atoms with E-state index in [0.29, 0.717) is 18.8 Å². The molecule has 0 spiro atoms. The van der Waals surface area contributed by atoms with Gasteiger partial charge in [0.1, 0.15) is 0 Å². The van der Waals surface area contributed by atoms with Gasteiger partial charge in [0.2, 0.25) is 5.91 Å². The van der Waals surface area contributed by atoms with Crippen molar-refractivity contribution in [3.63, 3.8) is 0 Å². The summed E-state index contributed by atoms with van der Waals surface area (Å²) in [5.41, 5.74) is 0. The smallest absolute Gasteiger partial charge is 0.222 e. The van der Waals surface area contributed by atoms with E-state index in [0.717, 1.165) is 32.5 Å². The highest BCUT2D eigenvalue weighted by atomic mass is 16.5. The molecule has 4 nitrogen and oxygen atoms in total. The molecule has 0 aromatic rings. The zero-order valence-corrected chi connectivity index (χ0v) is 10.3. The summed E-state index contributed by atoms with van der Waals surface area (Å²) in [5, 5.41) is 9.15. The molecule has 0 saturated carbocycles. The van der Waals surface area contributed by atoms with Gasteiger partial charge < -0.3 is 14.7 Å². The van der Waals surface area contributed by atoms with Gasteiger partial charge in [-0.15, -0.1) is 0 Å². The Morgan fingerprint density at radius 1 is 1.62 bits per heavy atom. The van der Waals surface area contributed by atoms with Crippen molar-refractivity contribution in [1.82, 2.24) is 4.90 Å². The summed E-state index contributed by atoms with van der Waals surface area (Å²) in [6.45, 7) is 4.13. The molecule has 0 aromatic heterocycles. The van der Waals surface area contributed by atoms with Gasteiger partial charge in [-0.2, -0.15) is 0 Å². The fourth-order valence-electron chi connectivity index (χ4n) is 2.15. The second-order valence-corrected chi connectivity index (χ2v) is 4.69. The summed E-state index contributed by atoms with van der Waals surface area (Å²) in [7, 11) is 1.70. The number of nitrogens with zero attached hydrogens (tertiary/aromatic N) is 1. The Morgan fingerprint density at radius 2 is 2.38 bits per heavy atom. The second-order valence-electron chi connectivity index (χ2n) is 4.69. The van der Waals surface area contributed by atoms with E-state index in [1.165, 1.54) is 0 Å². The number of carbonyl (C=O) groups excluding carboxylic acids is 1. The zero-order valence-electron chi connectivity index (χ0n) is 10.3. The summed E-state index contributed by atoms with van der Waals surface area (Å²) in [6, 6.07) is 0. The Balaban J connectivity index is 2.32. The van der Waals surface area contributed by atoms with Crippen LogP contribution in [0.2, 0.25) is 0 Å². The van der Waals surface area contributed by atoms with Gasteiger partial charge in [0, 0.05) is 26.6 Å². The highest BCUT2D eigenvalue weighted by molar-refractivity contribution is 5.76. The molecule has 1 amide bonds. The first kappa shape index (κ1) is 13.5. The molecule has 16 heavy (non-hydrogen) atoms. The third-order valence-electron chi connectivity index (χ3n) is 3.05. The van der Waals surface area contributed by atoms with Gasteiger partial charge in [-0.05, 0) is 32.1 Å². The van der Waals surface area contributed by atoms with E-state index in [1.54, 1.807) is 14.0 Å². The third-order valence-corrected chi connectivity index (χ3v) is 3.05. The van der Waals surface area contributed by atoms with Gasteiger partial charge in [0.05, 0.1) is 12.7 Å². The minimum Gasteiger partial charge on any atom is -0.393 e. The molecule has 0 aliphatic carbocycles. The Hall–Kier alpha value is -0.610. The van der Waals surface area contributed by atoms with Crippen LogP contribution in [-0.2, 0) is 9.53 Å². The Labute approximate surface area is 97.6 Å². The first-order chi connectivity index (χ1) is 7.63. The van der Waals surface area contributed by atoms with E-state index in [4.69, 9.17) is 9.84 Å². The first-order valence-electron chi connectivity index (χ1n) is 6.08. The number of aliphatic hydroxyl groups is 1. The summed E-state index contributed by atoms with van der Waals surface area (Å²) in [5.74, 6) is 0.649. The maximum absolute atomic E-state index is 11.8. The van der Waals surface area contributed by atoms with Gasteiger partial charge in [-0.1, -0.05) is 0 Å². The van der Waals surface area contributed by atoms with E-state index in [-0.39, 0.29) is 12.0 Å². The molecule has 2 unspecified atom stereocenters. The molecule has 2 atom stereocenters. The number of carbonyl (C=O) groups is 1. The quantitative estimate of drug-likeness (QED) is 0.766. The van der Waals surface area contributed by atoms with E-state index in [1.807, 2.05) is 4.90 Å². The van der Waals surface area contributed by atoms with Crippen molar-refractivity contribution in [3.8, 4) is 0 Å². The van der Waals surface area contributed by atoms with Gasteiger partial charge in [0.15, 0.2) is 0 Å². The van der Waals surface area contributed by atoms with Crippen molar-refractivity contribution in [2.24, 2.45) is 5.92 Å². The van der Waals surface area contributed by atoms with Gasteiger partial charge >= 0.3 is 0 Å². The first-order valence-corrected chi connectivity index (χ1v) is 6.08. The van der Waals surface area contributed by atoms with Crippen LogP contribution in [0.15, 0.2) is 0 Å². The molecule has 0 aromatic carbocycles. The molecule has 0 radical (unpaired) electrons. The number of hydrogen-bond donors (Lipinski definition) is 1. The minimum absolute atomic E-state index is 0.168. The van der Waals surface area contributed by atoms with E-state index in [2.05, 4.69) is 0 Å². The van der Waals surface area contributed by atoms with E-state index >= 15 is 0 Å². The van der Waals surface area contributed by atoms with Crippen molar-refractivity contribution in [2.75, 3.05) is 26.8 Å². The highest BCUT2D eigenvalue weighted by Gasteiger charge is 2.23. The lowest BCUT2D eigenvalue weighted by Gasteiger charge is -2.32. The fraction of sp³-hybridized carbons (Fsp3) is 0.917. The van der Waals surface area contributed by atoms with Crippen LogP contribution in [0.25, 0.3) is 0 Å². The Morgan fingerprint density at radius 3 is 3.00 bits per heavy atom. The number of hydrogen-bond acceptors (Lipinski definition) is 3. The predicted octanol–water partition coefficient (Wildman–Crippen LogP) is 1.03. The van der Waals surface area contributed by atoms with E-state index in [9.17, 15) is 4.79 Å². The number of rotatable bonds is 5. The Kier molecular flexibility index (Phi) is 5.77. The summed E-state index contributed by atoms with van der Waals surface area (Å²) in [4.78, 5) is 13.7. The van der Waals surface area contributed by atoms with Crippen LogP contribution < -0.4 is 0 Å². The van der Waals surface area contributed by atoms with Crippen molar-refractivity contribution in [2.45, 2.75) is 38.7 Å². The molecule has 0 bridgehead atoms. The second kappa shape index (κ2) is 6.86. The van der Waals surface area contributed by atoms with Crippen LogP contribution in [0.4, 0.5) is 0 Å². The number of likely N-dealkylation sites (tertiary alicyclic amines) is 1. The monoisotopic (exact) mass is 229 g/mol. The number of piperidine rings is 1. The summed E-state index contributed by atoms with van der Waals surface area (Å²) in [6.07, 6.45) is 2.84. The molecule has 1 aliphatic heterocycles. The average Bonchev–Trinajstić information content (AvgIpc) is 2.26. The van der Waals surface area contributed by atoms with Crippen molar-refractivity contribution in [1.29, 1.82) is 0 Å². The van der Waals surface area contributed by atoms with Crippen LogP contribution in [0.5, 0.6) is 0 Å². The number of amides is 1.